The van der Waals surface area contributed by atoms with E-state index >= 15 is 0 Å². The Hall–Kier alpha value is -1.83. The van der Waals surface area contributed by atoms with Gasteiger partial charge in [-0.05, 0) is 44.4 Å². The maximum Gasteiger partial charge on any atom is 0.152 e. The summed E-state index contributed by atoms with van der Waals surface area (Å²) < 4.78 is 2.19. The molecule has 1 heterocycles. The molecule has 2 heteroatoms. The van der Waals surface area contributed by atoms with Crippen molar-refractivity contribution >= 4 is 6.29 Å². The molecule has 0 radical (unpaired) electrons. The smallest absolute Gasteiger partial charge is 0.152 e. The van der Waals surface area contributed by atoms with Gasteiger partial charge >= 0.3 is 0 Å². The summed E-state index contributed by atoms with van der Waals surface area (Å²) >= 11 is 0. The third-order valence-electron chi connectivity index (χ3n) is 3.65. The first-order valence-electron chi connectivity index (χ1n) is 6.33. The van der Waals surface area contributed by atoms with E-state index < -0.39 is 0 Å². The molecule has 0 atom stereocenters. The first-order valence-corrected chi connectivity index (χ1v) is 6.33. The normalized spacial score (nSPS) is 10.7. The third kappa shape index (κ3) is 1.78. The zero-order chi connectivity index (χ0) is 13.3. The molecular weight excluding hydrogens is 222 g/mol. The van der Waals surface area contributed by atoms with Crippen molar-refractivity contribution in [3.63, 3.8) is 0 Å². The summed E-state index contributed by atoms with van der Waals surface area (Å²) in [5, 5.41) is 0. The molecule has 0 fully saturated rings. The van der Waals surface area contributed by atoms with Crippen molar-refractivity contribution in [2.75, 3.05) is 0 Å². The summed E-state index contributed by atoms with van der Waals surface area (Å²) in [4.78, 5) is 11.3. The first-order chi connectivity index (χ1) is 8.61. The number of para-hydroxylation sites is 1. The summed E-state index contributed by atoms with van der Waals surface area (Å²) in [6, 6.07) is 8.27. The highest BCUT2D eigenvalue weighted by Gasteiger charge is 2.17. The molecule has 0 saturated carbocycles. The first kappa shape index (κ1) is 12.6. The number of hydrogen-bond acceptors (Lipinski definition) is 1. The van der Waals surface area contributed by atoms with Crippen molar-refractivity contribution in [3.05, 3.63) is 52.3 Å². The number of benzene rings is 1. The van der Waals surface area contributed by atoms with Gasteiger partial charge in [-0.25, -0.2) is 0 Å². The molecule has 0 amide bonds. The Morgan fingerprint density at radius 3 is 2.28 bits per heavy atom. The Labute approximate surface area is 108 Å². The van der Waals surface area contributed by atoms with Crippen LogP contribution in [0.1, 0.15) is 39.8 Å². The van der Waals surface area contributed by atoms with Gasteiger partial charge in [0.2, 0.25) is 0 Å². The minimum atomic E-state index is 0.846. The highest BCUT2D eigenvalue weighted by atomic mass is 16.1. The molecule has 0 aliphatic heterocycles. The van der Waals surface area contributed by atoms with Crippen LogP contribution in [0.5, 0.6) is 0 Å². The number of aryl methyl sites for hydroxylation is 1. The van der Waals surface area contributed by atoms with Crippen molar-refractivity contribution in [1.82, 2.24) is 4.57 Å². The highest BCUT2D eigenvalue weighted by Crippen LogP contribution is 2.26. The molecule has 0 aliphatic carbocycles. The SMILES string of the molecule is CCc1c(C=O)c(C)n(-c2ccccc2C)c1C. The number of rotatable bonds is 3. The Morgan fingerprint density at radius 2 is 1.78 bits per heavy atom. The van der Waals surface area contributed by atoms with Crippen LogP contribution in [0.3, 0.4) is 0 Å². The monoisotopic (exact) mass is 241 g/mol. The lowest BCUT2D eigenvalue weighted by atomic mass is 10.1. The fourth-order valence-electron chi connectivity index (χ4n) is 2.70. The number of carbonyl (C=O) groups excluding carboxylic acids is 1. The van der Waals surface area contributed by atoms with Gasteiger partial charge in [0.15, 0.2) is 6.29 Å². The Morgan fingerprint density at radius 1 is 1.11 bits per heavy atom. The standard InChI is InChI=1S/C16H19NO/c1-5-14-12(3)17(13(4)15(14)10-18)16-9-7-6-8-11(16)2/h6-10H,5H2,1-4H3. The number of hydrogen-bond donors (Lipinski definition) is 0. The summed E-state index contributed by atoms with van der Waals surface area (Å²) in [6.45, 7) is 8.30. The van der Waals surface area contributed by atoms with Gasteiger partial charge in [-0.15, -0.1) is 0 Å². The molecule has 1 aromatic heterocycles. The highest BCUT2D eigenvalue weighted by molar-refractivity contribution is 5.81. The van der Waals surface area contributed by atoms with Gasteiger partial charge in [-0.1, -0.05) is 25.1 Å². The molecule has 18 heavy (non-hydrogen) atoms. The van der Waals surface area contributed by atoms with Crippen LogP contribution in [-0.2, 0) is 6.42 Å². The van der Waals surface area contributed by atoms with Gasteiger partial charge in [-0.3, -0.25) is 4.79 Å². The molecule has 2 rings (SSSR count). The molecule has 0 unspecified atom stereocenters. The molecule has 2 aromatic rings. The maximum atomic E-state index is 11.3. The molecule has 0 saturated heterocycles. The van der Waals surface area contributed by atoms with Crippen molar-refractivity contribution in [3.8, 4) is 5.69 Å². The second-order valence-corrected chi connectivity index (χ2v) is 4.66. The fourth-order valence-corrected chi connectivity index (χ4v) is 2.70. The quantitative estimate of drug-likeness (QED) is 0.750. The fraction of sp³-hybridized carbons (Fsp3) is 0.312. The largest absolute Gasteiger partial charge is 0.317 e. The Kier molecular flexibility index (Phi) is 3.37. The van der Waals surface area contributed by atoms with Crippen molar-refractivity contribution < 1.29 is 4.79 Å². The number of aromatic nitrogens is 1. The number of nitrogens with zero attached hydrogens (tertiary/aromatic N) is 1. The van der Waals surface area contributed by atoms with Gasteiger partial charge in [0.1, 0.15) is 0 Å². The van der Waals surface area contributed by atoms with Crippen LogP contribution in [0.4, 0.5) is 0 Å². The van der Waals surface area contributed by atoms with E-state index in [1.807, 2.05) is 19.1 Å². The van der Waals surface area contributed by atoms with Gasteiger partial charge in [0.25, 0.3) is 0 Å². The second kappa shape index (κ2) is 4.81. The van der Waals surface area contributed by atoms with E-state index in [2.05, 4.69) is 37.5 Å². The van der Waals surface area contributed by atoms with E-state index in [0.29, 0.717) is 0 Å². The van der Waals surface area contributed by atoms with Gasteiger partial charge in [-0.2, -0.15) is 0 Å². The van der Waals surface area contributed by atoms with E-state index in [1.54, 1.807) is 0 Å². The predicted molar refractivity (Wildman–Crippen MR) is 74.7 cm³/mol. The molecule has 94 valence electrons. The summed E-state index contributed by atoms with van der Waals surface area (Å²) in [5.41, 5.74) is 6.60. The van der Waals surface area contributed by atoms with E-state index in [0.717, 1.165) is 35.2 Å². The lowest BCUT2D eigenvalue weighted by molar-refractivity contribution is 0.112. The average molecular weight is 241 g/mol. The van der Waals surface area contributed by atoms with E-state index in [4.69, 9.17) is 0 Å². The lowest BCUT2D eigenvalue weighted by Gasteiger charge is -2.12. The predicted octanol–water partition coefficient (Wildman–Crippen LogP) is 3.78. The number of carbonyl (C=O) groups is 1. The van der Waals surface area contributed by atoms with Crippen LogP contribution in [0.25, 0.3) is 5.69 Å². The van der Waals surface area contributed by atoms with Crippen molar-refractivity contribution in [2.24, 2.45) is 0 Å². The molecule has 0 N–H and O–H groups in total. The summed E-state index contributed by atoms with van der Waals surface area (Å²) in [6.07, 6.45) is 1.87. The van der Waals surface area contributed by atoms with E-state index in [-0.39, 0.29) is 0 Å². The van der Waals surface area contributed by atoms with Crippen LogP contribution >= 0.6 is 0 Å². The van der Waals surface area contributed by atoms with Crippen LogP contribution in [0.2, 0.25) is 0 Å². The Bertz CT molecular complexity index is 593. The Balaban J connectivity index is 2.77. The van der Waals surface area contributed by atoms with E-state index in [9.17, 15) is 4.79 Å². The molecular formula is C16H19NO. The molecule has 1 aromatic carbocycles. The minimum absolute atomic E-state index is 0.846. The van der Waals surface area contributed by atoms with E-state index in [1.165, 1.54) is 11.3 Å². The van der Waals surface area contributed by atoms with Gasteiger partial charge in [0, 0.05) is 22.6 Å². The third-order valence-corrected chi connectivity index (χ3v) is 3.65. The zero-order valence-corrected chi connectivity index (χ0v) is 11.4. The topological polar surface area (TPSA) is 22.0 Å². The van der Waals surface area contributed by atoms with Gasteiger partial charge in [0.05, 0.1) is 0 Å². The molecule has 2 nitrogen and oxygen atoms in total. The zero-order valence-electron chi connectivity index (χ0n) is 11.4. The van der Waals surface area contributed by atoms with Gasteiger partial charge < -0.3 is 4.57 Å². The molecule has 0 aliphatic rings. The lowest BCUT2D eigenvalue weighted by Crippen LogP contribution is -2.01. The van der Waals surface area contributed by atoms with Crippen molar-refractivity contribution in [1.29, 1.82) is 0 Å². The summed E-state index contributed by atoms with van der Waals surface area (Å²) in [7, 11) is 0. The average Bonchev–Trinajstić information content (AvgIpc) is 2.61. The molecule has 0 spiro atoms. The van der Waals surface area contributed by atoms with Crippen LogP contribution in [-0.4, -0.2) is 10.9 Å². The minimum Gasteiger partial charge on any atom is -0.317 e. The number of aldehydes is 1. The second-order valence-electron chi connectivity index (χ2n) is 4.66. The molecule has 0 bridgehead atoms. The summed E-state index contributed by atoms with van der Waals surface area (Å²) in [5.74, 6) is 0. The van der Waals surface area contributed by atoms with Crippen LogP contribution in [0, 0.1) is 20.8 Å². The maximum absolute atomic E-state index is 11.3. The van der Waals surface area contributed by atoms with Crippen molar-refractivity contribution in [2.45, 2.75) is 34.1 Å². The van der Waals surface area contributed by atoms with Crippen LogP contribution in [0.15, 0.2) is 24.3 Å². The van der Waals surface area contributed by atoms with Crippen LogP contribution < -0.4 is 0 Å².